The Morgan fingerprint density at radius 3 is 2.69 bits per heavy atom. The van der Waals surface area contributed by atoms with E-state index in [1.165, 1.54) is 13.2 Å². The summed E-state index contributed by atoms with van der Waals surface area (Å²) in [7, 11) is 1.26. The van der Waals surface area contributed by atoms with E-state index < -0.39 is 23.8 Å². The average molecular weight is 424 g/mol. The molecular weight excluding hydrogens is 407 g/mol. The lowest BCUT2D eigenvalue weighted by molar-refractivity contribution is -0.143. The summed E-state index contributed by atoms with van der Waals surface area (Å²) in [6.45, 7) is 0.368. The highest BCUT2D eigenvalue weighted by Crippen LogP contribution is 2.38. The molecule has 1 aromatic heterocycles. The van der Waals surface area contributed by atoms with Gasteiger partial charge in [-0.2, -0.15) is 18.4 Å². The van der Waals surface area contributed by atoms with Gasteiger partial charge in [0, 0.05) is 12.7 Å². The number of carbonyl (C=O) groups is 1. The summed E-state index contributed by atoms with van der Waals surface area (Å²) >= 11 is 5.83. The summed E-state index contributed by atoms with van der Waals surface area (Å²) in [6.07, 6.45) is -1.90. The number of ether oxygens (including phenoxy) is 1. The van der Waals surface area contributed by atoms with Crippen molar-refractivity contribution < 1.29 is 22.7 Å². The van der Waals surface area contributed by atoms with Crippen LogP contribution >= 0.6 is 11.6 Å². The number of carbonyl (C=O) groups excluding carboxylic acids is 1. The van der Waals surface area contributed by atoms with E-state index in [4.69, 9.17) is 16.3 Å². The third-order valence-electron chi connectivity index (χ3n) is 5.05. The van der Waals surface area contributed by atoms with Crippen LogP contribution < -0.4 is 4.90 Å². The van der Waals surface area contributed by atoms with Gasteiger partial charge in [-0.05, 0) is 48.6 Å². The van der Waals surface area contributed by atoms with Crippen molar-refractivity contribution in [1.29, 1.82) is 5.26 Å². The zero-order chi connectivity index (χ0) is 21.2. The number of benzene rings is 1. The zero-order valence-electron chi connectivity index (χ0n) is 15.4. The molecule has 0 bridgehead atoms. The van der Waals surface area contributed by atoms with Crippen LogP contribution in [0.2, 0.25) is 5.15 Å². The Labute approximate surface area is 170 Å². The first-order chi connectivity index (χ1) is 13.7. The molecule has 0 amide bonds. The number of pyridine rings is 1. The molecule has 0 saturated carbocycles. The summed E-state index contributed by atoms with van der Waals surface area (Å²) in [6, 6.07) is 7.54. The normalized spacial score (nSPS) is 19.5. The Hall–Kier alpha value is -2.79. The highest BCUT2D eigenvalue weighted by atomic mass is 35.5. The first-order valence-corrected chi connectivity index (χ1v) is 9.19. The number of alkyl halides is 3. The first-order valence-electron chi connectivity index (χ1n) is 8.82. The number of hydrogen-bond donors (Lipinski definition) is 0. The maximum Gasteiger partial charge on any atom is 0.416 e. The van der Waals surface area contributed by atoms with Gasteiger partial charge in [0.1, 0.15) is 17.3 Å². The Kier molecular flexibility index (Phi) is 5.99. The summed E-state index contributed by atoms with van der Waals surface area (Å²) in [4.78, 5) is 18.2. The van der Waals surface area contributed by atoms with Crippen molar-refractivity contribution >= 4 is 23.3 Å². The van der Waals surface area contributed by atoms with Gasteiger partial charge in [0.25, 0.3) is 0 Å². The van der Waals surface area contributed by atoms with E-state index in [0.717, 1.165) is 17.7 Å². The number of methoxy groups -OCH3 is 1. The van der Waals surface area contributed by atoms with Gasteiger partial charge < -0.3 is 9.64 Å². The van der Waals surface area contributed by atoms with Gasteiger partial charge in [-0.15, -0.1) is 0 Å². The lowest BCUT2D eigenvalue weighted by atomic mass is 9.85. The number of halogens is 4. The lowest BCUT2D eigenvalue weighted by Gasteiger charge is -2.39. The molecule has 29 heavy (non-hydrogen) atoms. The summed E-state index contributed by atoms with van der Waals surface area (Å²) < 4.78 is 43.9. The van der Waals surface area contributed by atoms with Crippen LogP contribution in [-0.2, 0) is 15.7 Å². The van der Waals surface area contributed by atoms with Crippen LogP contribution in [0.25, 0.3) is 0 Å². The Bertz CT molecular complexity index is 941. The third kappa shape index (κ3) is 4.46. The molecule has 5 nitrogen and oxygen atoms in total. The minimum absolute atomic E-state index is 0.0000933. The molecule has 3 rings (SSSR count). The smallest absolute Gasteiger partial charge is 0.416 e. The molecule has 2 atom stereocenters. The second kappa shape index (κ2) is 8.29. The van der Waals surface area contributed by atoms with Crippen LogP contribution in [0.1, 0.15) is 35.4 Å². The number of piperidine rings is 1. The van der Waals surface area contributed by atoms with Crippen LogP contribution in [0.4, 0.5) is 18.9 Å². The Morgan fingerprint density at radius 1 is 1.34 bits per heavy atom. The van der Waals surface area contributed by atoms with Crippen molar-refractivity contribution in [1.82, 2.24) is 4.98 Å². The van der Waals surface area contributed by atoms with Crippen molar-refractivity contribution in [3.63, 3.8) is 0 Å². The van der Waals surface area contributed by atoms with Gasteiger partial charge in [0.2, 0.25) is 0 Å². The molecule has 2 heterocycles. The summed E-state index contributed by atoms with van der Waals surface area (Å²) in [5.74, 6) is -0.513. The number of nitriles is 1. The molecule has 2 aromatic rings. The number of esters is 1. The van der Waals surface area contributed by atoms with Crippen LogP contribution in [0, 0.1) is 11.3 Å². The molecule has 0 N–H and O–H groups in total. The van der Waals surface area contributed by atoms with E-state index in [-0.39, 0.29) is 17.2 Å². The number of hydrogen-bond acceptors (Lipinski definition) is 5. The number of nitrogens with zero attached hydrogens (tertiary/aromatic N) is 3. The van der Waals surface area contributed by atoms with Gasteiger partial charge in [-0.1, -0.05) is 17.7 Å². The van der Waals surface area contributed by atoms with Crippen molar-refractivity contribution in [2.75, 3.05) is 18.6 Å². The minimum Gasteiger partial charge on any atom is -0.467 e. The van der Waals surface area contributed by atoms with Crippen molar-refractivity contribution in [3.8, 4) is 6.07 Å². The molecule has 1 aromatic carbocycles. The first kappa shape index (κ1) is 20.9. The van der Waals surface area contributed by atoms with Gasteiger partial charge in [-0.3, -0.25) is 0 Å². The fourth-order valence-corrected chi connectivity index (χ4v) is 3.71. The highest BCUT2D eigenvalue weighted by Gasteiger charge is 2.37. The molecule has 0 spiro atoms. The molecule has 1 fully saturated rings. The van der Waals surface area contributed by atoms with Crippen LogP contribution in [0.3, 0.4) is 0 Å². The van der Waals surface area contributed by atoms with Crippen molar-refractivity contribution in [2.24, 2.45) is 0 Å². The average Bonchev–Trinajstić information content (AvgIpc) is 2.72. The third-order valence-corrected chi connectivity index (χ3v) is 5.27. The second-order valence-electron chi connectivity index (χ2n) is 6.71. The SMILES string of the molecule is COC(=O)C1CC(c2ccc(Cl)nc2)CCN1c1ccc(C(F)(F)F)cc1C#N. The molecule has 1 saturated heterocycles. The van der Waals surface area contributed by atoms with Gasteiger partial charge in [0.05, 0.1) is 23.9 Å². The van der Waals surface area contributed by atoms with Crippen LogP contribution in [-0.4, -0.2) is 30.6 Å². The van der Waals surface area contributed by atoms with Crippen molar-refractivity contribution in [3.05, 3.63) is 58.4 Å². The monoisotopic (exact) mass is 423 g/mol. The Morgan fingerprint density at radius 2 is 2.10 bits per heavy atom. The van der Waals surface area contributed by atoms with Crippen LogP contribution in [0.5, 0.6) is 0 Å². The van der Waals surface area contributed by atoms with E-state index in [9.17, 15) is 23.2 Å². The van der Waals surface area contributed by atoms with E-state index in [1.807, 2.05) is 12.1 Å². The molecule has 0 radical (unpaired) electrons. The topological polar surface area (TPSA) is 66.2 Å². The molecule has 1 aliphatic heterocycles. The standard InChI is InChI=1S/C20H17ClF3N3O2/c1-29-19(28)17-9-12(13-2-5-18(21)26-11-13)6-7-27(17)16-4-3-15(20(22,23)24)8-14(16)10-25/h2-5,8,11-12,17H,6-7,9H2,1H3. The van der Waals surface area contributed by atoms with E-state index >= 15 is 0 Å². The summed E-state index contributed by atoms with van der Waals surface area (Å²) in [5.41, 5.74) is 0.148. The molecule has 2 unspecified atom stereocenters. The zero-order valence-corrected chi connectivity index (χ0v) is 16.2. The molecule has 152 valence electrons. The highest BCUT2D eigenvalue weighted by molar-refractivity contribution is 6.29. The second-order valence-corrected chi connectivity index (χ2v) is 7.10. The Balaban J connectivity index is 1.94. The molecular formula is C20H17ClF3N3O2. The van der Waals surface area contributed by atoms with Gasteiger partial charge in [-0.25, -0.2) is 9.78 Å². The minimum atomic E-state index is -4.56. The van der Waals surface area contributed by atoms with Crippen LogP contribution in [0.15, 0.2) is 36.5 Å². The van der Waals surface area contributed by atoms with E-state index in [1.54, 1.807) is 17.2 Å². The maximum atomic E-state index is 13.0. The number of anilines is 1. The molecule has 1 aliphatic rings. The fraction of sp³-hybridized carbons (Fsp3) is 0.350. The predicted molar refractivity (Wildman–Crippen MR) is 101 cm³/mol. The van der Waals surface area contributed by atoms with E-state index in [0.29, 0.717) is 24.5 Å². The lowest BCUT2D eigenvalue weighted by Crippen LogP contribution is -2.47. The molecule has 9 heteroatoms. The van der Waals surface area contributed by atoms with Crippen molar-refractivity contribution in [2.45, 2.75) is 31.0 Å². The molecule has 0 aliphatic carbocycles. The maximum absolute atomic E-state index is 13.0. The number of aromatic nitrogens is 1. The fourth-order valence-electron chi connectivity index (χ4n) is 3.60. The predicted octanol–water partition coefficient (Wildman–Crippen LogP) is 4.55. The van der Waals surface area contributed by atoms with Gasteiger partial charge in [0.15, 0.2) is 0 Å². The largest absolute Gasteiger partial charge is 0.467 e. The summed E-state index contributed by atoms with van der Waals surface area (Å²) in [5, 5.41) is 9.76. The number of rotatable bonds is 3. The quantitative estimate of drug-likeness (QED) is 0.535. The van der Waals surface area contributed by atoms with Gasteiger partial charge >= 0.3 is 12.1 Å². The van der Waals surface area contributed by atoms with E-state index in [2.05, 4.69) is 4.98 Å².